The first-order valence-corrected chi connectivity index (χ1v) is 5.68. The number of rotatable bonds is 2. The average molecular weight is 264 g/mol. The Balaban J connectivity index is 2.57. The van der Waals surface area contributed by atoms with Gasteiger partial charge in [-0.2, -0.15) is 5.06 Å². The van der Waals surface area contributed by atoms with E-state index in [1.165, 1.54) is 6.07 Å². The summed E-state index contributed by atoms with van der Waals surface area (Å²) < 4.78 is 4.78. The molecular formula is C12H12N2O5. The quantitative estimate of drug-likeness (QED) is 0.359. The third kappa shape index (κ3) is 2.08. The van der Waals surface area contributed by atoms with Crippen molar-refractivity contribution in [1.29, 1.82) is 0 Å². The predicted octanol–water partition coefficient (Wildman–Crippen LogP) is 0.408. The van der Waals surface area contributed by atoms with Gasteiger partial charge in [0.15, 0.2) is 5.92 Å². The van der Waals surface area contributed by atoms with Crippen LogP contribution in [-0.4, -0.2) is 39.6 Å². The van der Waals surface area contributed by atoms with Crippen LogP contribution < -0.4 is 0 Å². The molecule has 1 atom stereocenters. The van der Waals surface area contributed by atoms with Crippen molar-refractivity contribution in [2.24, 2.45) is 0 Å². The summed E-state index contributed by atoms with van der Waals surface area (Å²) in [5, 5.41) is 9.38. The first kappa shape index (κ1) is 13.2. The maximum absolute atomic E-state index is 11.8. The first-order valence-electron chi connectivity index (χ1n) is 5.68. The second-order valence-corrected chi connectivity index (χ2v) is 4.03. The third-order valence-corrected chi connectivity index (χ3v) is 2.74. The molecule has 0 spiro atoms. The van der Waals surface area contributed by atoms with Crippen molar-refractivity contribution in [3.05, 3.63) is 29.1 Å². The minimum absolute atomic E-state index is 0.0192. The third-order valence-electron chi connectivity index (χ3n) is 2.74. The van der Waals surface area contributed by atoms with E-state index in [2.05, 4.69) is 4.98 Å². The topological polar surface area (TPSA) is 96.8 Å². The van der Waals surface area contributed by atoms with Crippen molar-refractivity contribution < 1.29 is 24.3 Å². The molecule has 1 N–H and O–H groups in total. The average Bonchev–Trinajstić information content (AvgIpc) is 2.36. The number of hydroxylamine groups is 2. The normalized spacial score (nSPS) is 18.3. The van der Waals surface area contributed by atoms with E-state index in [1.54, 1.807) is 19.9 Å². The van der Waals surface area contributed by atoms with E-state index >= 15 is 0 Å². The molecule has 0 fully saturated rings. The number of imide groups is 1. The van der Waals surface area contributed by atoms with Crippen LogP contribution in [0.2, 0.25) is 0 Å². The van der Waals surface area contributed by atoms with E-state index in [0.717, 1.165) is 0 Å². The van der Waals surface area contributed by atoms with Gasteiger partial charge in [-0.15, -0.1) is 0 Å². The van der Waals surface area contributed by atoms with Crippen molar-refractivity contribution in [3.63, 3.8) is 0 Å². The summed E-state index contributed by atoms with van der Waals surface area (Å²) in [5.41, 5.74) is 0.601. The summed E-state index contributed by atoms with van der Waals surface area (Å²) >= 11 is 0. The van der Waals surface area contributed by atoms with Crippen LogP contribution in [0.3, 0.4) is 0 Å². The van der Waals surface area contributed by atoms with Gasteiger partial charge in [-0.05, 0) is 26.0 Å². The van der Waals surface area contributed by atoms with Gasteiger partial charge in [0.25, 0.3) is 11.8 Å². The maximum Gasteiger partial charge on any atom is 0.324 e. The lowest BCUT2D eigenvalue weighted by Crippen LogP contribution is -2.46. The number of amides is 2. The molecule has 100 valence electrons. The van der Waals surface area contributed by atoms with Crippen molar-refractivity contribution in [2.75, 3.05) is 6.61 Å². The molecule has 7 heteroatoms. The number of hydrogen-bond donors (Lipinski definition) is 1. The van der Waals surface area contributed by atoms with Crippen LogP contribution in [0.5, 0.6) is 0 Å². The van der Waals surface area contributed by atoms with Gasteiger partial charge in [-0.1, -0.05) is 0 Å². The van der Waals surface area contributed by atoms with Crippen molar-refractivity contribution in [3.8, 4) is 0 Å². The Morgan fingerprint density at radius 1 is 1.47 bits per heavy atom. The van der Waals surface area contributed by atoms with Gasteiger partial charge in [0, 0.05) is 5.69 Å². The fraction of sp³-hybridized carbons (Fsp3) is 0.333. The lowest BCUT2D eigenvalue weighted by Gasteiger charge is -2.26. The highest BCUT2D eigenvalue weighted by Gasteiger charge is 2.44. The molecule has 0 saturated heterocycles. The summed E-state index contributed by atoms with van der Waals surface area (Å²) in [6, 6.07) is 2.98. The van der Waals surface area contributed by atoms with Crippen LogP contribution in [-0.2, 0) is 14.3 Å². The maximum atomic E-state index is 11.8. The van der Waals surface area contributed by atoms with Gasteiger partial charge in [0.2, 0.25) is 0 Å². The van der Waals surface area contributed by atoms with Crippen LogP contribution in [0, 0.1) is 6.92 Å². The summed E-state index contributed by atoms with van der Waals surface area (Å²) in [6.07, 6.45) is 0. The highest BCUT2D eigenvalue weighted by atomic mass is 16.5. The molecule has 2 rings (SSSR count). The van der Waals surface area contributed by atoms with Crippen LogP contribution in [0.1, 0.15) is 34.6 Å². The van der Waals surface area contributed by atoms with Crippen molar-refractivity contribution in [2.45, 2.75) is 19.8 Å². The predicted molar refractivity (Wildman–Crippen MR) is 61.3 cm³/mol. The Hall–Kier alpha value is -2.28. The summed E-state index contributed by atoms with van der Waals surface area (Å²) in [4.78, 5) is 39.4. The Labute approximate surface area is 108 Å². The molecule has 1 aromatic heterocycles. The molecular weight excluding hydrogens is 252 g/mol. The number of aryl methyl sites for hydroxylation is 1. The second-order valence-electron chi connectivity index (χ2n) is 4.03. The van der Waals surface area contributed by atoms with Crippen LogP contribution >= 0.6 is 0 Å². The Kier molecular flexibility index (Phi) is 3.30. The Bertz CT molecular complexity index is 569. The number of ether oxygens (including phenoxy) is 1. The number of nitrogens with zero attached hydrogens (tertiary/aromatic N) is 2. The van der Waals surface area contributed by atoms with E-state index < -0.39 is 23.7 Å². The Morgan fingerprint density at radius 3 is 2.79 bits per heavy atom. The molecule has 7 nitrogen and oxygen atoms in total. The number of esters is 1. The number of carbonyl (C=O) groups is 3. The number of carbonyl (C=O) groups excluding carboxylic acids is 3. The molecule has 0 saturated carbocycles. The highest BCUT2D eigenvalue weighted by Crippen LogP contribution is 2.28. The fourth-order valence-electron chi connectivity index (χ4n) is 1.87. The minimum atomic E-state index is -1.41. The summed E-state index contributed by atoms with van der Waals surface area (Å²) in [6.45, 7) is 3.35. The molecule has 1 aliphatic rings. The first-order chi connectivity index (χ1) is 8.97. The van der Waals surface area contributed by atoms with Crippen molar-refractivity contribution in [1.82, 2.24) is 10.0 Å². The largest absolute Gasteiger partial charge is 0.465 e. The molecule has 1 aromatic rings. The van der Waals surface area contributed by atoms with Crippen LogP contribution in [0.15, 0.2) is 12.1 Å². The van der Waals surface area contributed by atoms with Gasteiger partial charge >= 0.3 is 5.97 Å². The zero-order valence-corrected chi connectivity index (χ0v) is 10.4. The number of pyridine rings is 1. The molecule has 1 aliphatic heterocycles. The van der Waals surface area contributed by atoms with E-state index in [0.29, 0.717) is 5.69 Å². The fourth-order valence-corrected chi connectivity index (χ4v) is 1.87. The van der Waals surface area contributed by atoms with Gasteiger partial charge in [-0.25, -0.2) is 0 Å². The molecule has 2 heterocycles. The van der Waals surface area contributed by atoms with E-state index in [9.17, 15) is 19.6 Å². The zero-order valence-electron chi connectivity index (χ0n) is 10.4. The summed E-state index contributed by atoms with van der Waals surface area (Å²) in [7, 11) is 0. The molecule has 0 aliphatic carbocycles. The standard InChI is InChI=1S/C12H12N2O5/c1-3-19-12(17)8-9-7(5-4-6(2)13-9)10(15)14(18)11(8)16/h4-5,8,18H,3H2,1-2H3. The second kappa shape index (κ2) is 4.77. The molecule has 0 aromatic carbocycles. The number of aromatic nitrogens is 1. The highest BCUT2D eigenvalue weighted by molar-refractivity contribution is 6.16. The smallest absolute Gasteiger partial charge is 0.324 e. The zero-order chi connectivity index (χ0) is 14.2. The van der Waals surface area contributed by atoms with Crippen LogP contribution in [0.4, 0.5) is 0 Å². The SMILES string of the molecule is CCOC(=O)C1C(=O)N(O)C(=O)c2ccc(C)nc21. The van der Waals surface area contributed by atoms with E-state index in [1.807, 2.05) is 0 Å². The van der Waals surface area contributed by atoms with Gasteiger partial charge < -0.3 is 4.74 Å². The molecule has 19 heavy (non-hydrogen) atoms. The van der Waals surface area contributed by atoms with Crippen molar-refractivity contribution >= 4 is 17.8 Å². The molecule has 0 bridgehead atoms. The van der Waals surface area contributed by atoms with E-state index in [4.69, 9.17) is 4.74 Å². The van der Waals surface area contributed by atoms with Crippen LogP contribution in [0.25, 0.3) is 0 Å². The monoisotopic (exact) mass is 264 g/mol. The van der Waals surface area contributed by atoms with Gasteiger partial charge in [0.1, 0.15) is 0 Å². The van der Waals surface area contributed by atoms with Gasteiger partial charge in [0.05, 0.1) is 17.9 Å². The number of fused-ring (bicyclic) bond motifs is 1. The summed E-state index contributed by atoms with van der Waals surface area (Å²) in [5.74, 6) is -4.18. The lowest BCUT2D eigenvalue weighted by molar-refractivity contribution is -0.164. The number of hydrogen-bond acceptors (Lipinski definition) is 6. The lowest BCUT2D eigenvalue weighted by atomic mass is 9.94. The molecule has 2 amide bonds. The van der Waals surface area contributed by atoms with E-state index in [-0.39, 0.29) is 22.9 Å². The Morgan fingerprint density at radius 2 is 2.16 bits per heavy atom. The minimum Gasteiger partial charge on any atom is -0.465 e. The van der Waals surface area contributed by atoms with Gasteiger partial charge in [-0.3, -0.25) is 24.6 Å². The molecule has 1 unspecified atom stereocenters. The molecule has 0 radical (unpaired) electrons.